The molecule has 170 valence electrons. The quantitative estimate of drug-likeness (QED) is 0.743. The average Bonchev–Trinajstić information content (AvgIpc) is 3.33. The van der Waals surface area contributed by atoms with Crippen LogP contribution in [0.5, 0.6) is 0 Å². The van der Waals surface area contributed by atoms with E-state index in [1.54, 1.807) is 0 Å². The van der Waals surface area contributed by atoms with Gasteiger partial charge in [0.1, 0.15) is 0 Å². The van der Waals surface area contributed by atoms with Crippen LogP contribution in [0.15, 0.2) is 30.3 Å². The van der Waals surface area contributed by atoms with Crippen molar-refractivity contribution in [1.82, 2.24) is 10.2 Å². The molecule has 1 aromatic rings. The SMILES string of the molecule is CC1(C)C[C@H](NC(=O)c2ccccc2)[C@]2(CCC(=O)N3CCCC3)CC[C@@](C)(O)C[C@@H]12. The minimum atomic E-state index is -0.678. The molecule has 1 aliphatic heterocycles. The molecule has 1 heterocycles. The zero-order valence-corrected chi connectivity index (χ0v) is 19.3. The van der Waals surface area contributed by atoms with E-state index in [1.165, 1.54) is 0 Å². The Morgan fingerprint density at radius 3 is 2.42 bits per heavy atom. The Balaban J connectivity index is 1.59. The Labute approximate surface area is 186 Å². The Bertz CT molecular complexity index is 813. The fraction of sp³-hybridized carbons (Fsp3) is 0.692. The number of hydrogen-bond acceptors (Lipinski definition) is 3. The molecule has 2 aliphatic carbocycles. The number of amides is 2. The lowest BCUT2D eigenvalue weighted by atomic mass is 9.57. The van der Waals surface area contributed by atoms with Crippen LogP contribution in [0, 0.1) is 16.7 Å². The first kappa shape index (κ1) is 22.3. The minimum absolute atomic E-state index is 0.00423. The largest absolute Gasteiger partial charge is 0.390 e. The Hall–Kier alpha value is -1.88. The molecule has 4 rings (SSSR count). The maximum atomic E-state index is 13.1. The molecule has 0 aromatic heterocycles. The fourth-order valence-electron chi connectivity index (χ4n) is 6.73. The van der Waals surface area contributed by atoms with Gasteiger partial charge in [0.15, 0.2) is 0 Å². The van der Waals surface area contributed by atoms with E-state index >= 15 is 0 Å². The summed E-state index contributed by atoms with van der Waals surface area (Å²) in [4.78, 5) is 28.0. The van der Waals surface area contributed by atoms with Gasteiger partial charge in [-0.25, -0.2) is 0 Å². The summed E-state index contributed by atoms with van der Waals surface area (Å²) >= 11 is 0. The highest BCUT2D eigenvalue weighted by atomic mass is 16.3. The predicted octanol–water partition coefficient (Wildman–Crippen LogP) is 4.16. The number of hydrogen-bond donors (Lipinski definition) is 2. The topological polar surface area (TPSA) is 69.6 Å². The molecule has 2 N–H and O–H groups in total. The number of aliphatic hydroxyl groups is 1. The summed E-state index contributed by atoms with van der Waals surface area (Å²) in [7, 11) is 0. The van der Waals surface area contributed by atoms with Crippen LogP contribution in [0.2, 0.25) is 0 Å². The average molecular weight is 427 g/mol. The van der Waals surface area contributed by atoms with Crippen molar-refractivity contribution in [3.8, 4) is 0 Å². The van der Waals surface area contributed by atoms with Crippen LogP contribution < -0.4 is 5.32 Å². The molecule has 2 saturated carbocycles. The molecule has 0 unspecified atom stereocenters. The van der Waals surface area contributed by atoms with Crippen molar-refractivity contribution < 1.29 is 14.7 Å². The number of benzene rings is 1. The summed E-state index contributed by atoms with van der Waals surface area (Å²) in [5.74, 6) is 0.488. The fourth-order valence-corrected chi connectivity index (χ4v) is 6.73. The molecule has 31 heavy (non-hydrogen) atoms. The first-order valence-corrected chi connectivity index (χ1v) is 12.0. The molecule has 0 radical (unpaired) electrons. The third kappa shape index (κ3) is 4.39. The van der Waals surface area contributed by atoms with E-state index in [2.05, 4.69) is 19.2 Å². The van der Waals surface area contributed by atoms with Gasteiger partial charge in [-0.05, 0) is 80.8 Å². The molecule has 4 atom stereocenters. The maximum Gasteiger partial charge on any atom is 0.251 e. The first-order valence-electron chi connectivity index (χ1n) is 12.0. The van der Waals surface area contributed by atoms with E-state index in [0.717, 1.165) is 58.0 Å². The van der Waals surface area contributed by atoms with Gasteiger partial charge >= 0.3 is 0 Å². The van der Waals surface area contributed by atoms with Gasteiger partial charge in [0.25, 0.3) is 5.91 Å². The molecule has 0 spiro atoms. The van der Waals surface area contributed by atoms with Crippen LogP contribution in [-0.4, -0.2) is 46.6 Å². The summed E-state index contributed by atoms with van der Waals surface area (Å²) < 4.78 is 0. The highest BCUT2D eigenvalue weighted by Gasteiger charge is 2.61. The highest BCUT2D eigenvalue weighted by Crippen LogP contribution is 2.63. The van der Waals surface area contributed by atoms with Gasteiger partial charge < -0.3 is 15.3 Å². The van der Waals surface area contributed by atoms with Crippen molar-refractivity contribution in [2.75, 3.05) is 13.1 Å². The second-order valence-electron chi connectivity index (χ2n) is 11.2. The van der Waals surface area contributed by atoms with Crippen molar-refractivity contribution in [3.63, 3.8) is 0 Å². The number of likely N-dealkylation sites (tertiary alicyclic amines) is 1. The summed E-state index contributed by atoms with van der Waals surface area (Å²) in [5.41, 5.74) is -0.154. The molecule has 1 aromatic carbocycles. The molecule has 5 nitrogen and oxygen atoms in total. The zero-order chi connectivity index (χ0) is 22.3. The van der Waals surface area contributed by atoms with Gasteiger partial charge in [-0.2, -0.15) is 0 Å². The summed E-state index contributed by atoms with van der Waals surface area (Å²) in [6, 6.07) is 9.41. The van der Waals surface area contributed by atoms with E-state index in [9.17, 15) is 14.7 Å². The maximum absolute atomic E-state index is 13.1. The second-order valence-corrected chi connectivity index (χ2v) is 11.2. The number of nitrogens with zero attached hydrogens (tertiary/aromatic N) is 1. The number of fused-ring (bicyclic) bond motifs is 1. The lowest BCUT2D eigenvalue weighted by Gasteiger charge is -2.51. The normalized spacial score (nSPS) is 34.4. The summed E-state index contributed by atoms with van der Waals surface area (Å²) in [6.45, 7) is 8.24. The molecule has 2 amide bonds. The van der Waals surface area contributed by atoms with E-state index < -0.39 is 5.60 Å². The molecular weight excluding hydrogens is 388 g/mol. The van der Waals surface area contributed by atoms with Crippen LogP contribution in [0.3, 0.4) is 0 Å². The number of nitrogens with one attached hydrogen (secondary N) is 1. The third-order valence-corrected chi connectivity index (χ3v) is 8.44. The minimum Gasteiger partial charge on any atom is -0.390 e. The lowest BCUT2D eigenvalue weighted by Crippen LogP contribution is -2.52. The molecule has 0 bridgehead atoms. The molecule has 3 aliphatic rings. The third-order valence-electron chi connectivity index (χ3n) is 8.44. The number of carbonyl (C=O) groups is 2. The van der Waals surface area contributed by atoms with Crippen molar-refractivity contribution in [2.24, 2.45) is 16.7 Å². The lowest BCUT2D eigenvalue weighted by molar-refractivity contribution is -0.132. The van der Waals surface area contributed by atoms with Crippen LogP contribution in [0.4, 0.5) is 0 Å². The van der Waals surface area contributed by atoms with Crippen LogP contribution in [0.1, 0.15) is 82.5 Å². The Kier molecular flexibility index (Phi) is 5.93. The van der Waals surface area contributed by atoms with Crippen LogP contribution >= 0.6 is 0 Å². The van der Waals surface area contributed by atoms with Crippen molar-refractivity contribution in [3.05, 3.63) is 35.9 Å². The monoisotopic (exact) mass is 426 g/mol. The Morgan fingerprint density at radius 1 is 1.06 bits per heavy atom. The van der Waals surface area contributed by atoms with Gasteiger partial charge in [-0.15, -0.1) is 0 Å². The number of carbonyl (C=O) groups excluding carboxylic acids is 2. The zero-order valence-electron chi connectivity index (χ0n) is 19.3. The molecule has 3 fully saturated rings. The van der Waals surface area contributed by atoms with E-state index in [0.29, 0.717) is 12.0 Å². The van der Waals surface area contributed by atoms with Crippen molar-refractivity contribution in [2.45, 2.75) is 83.8 Å². The molecule has 1 saturated heterocycles. The number of rotatable bonds is 5. The van der Waals surface area contributed by atoms with Gasteiger partial charge in [-0.1, -0.05) is 32.0 Å². The van der Waals surface area contributed by atoms with E-state index in [1.807, 2.05) is 42.2 Å². The predicted molar refractivity (Wildman–Crippen MR) is 122 cm³/mol. The Morgan fingerprint density at radius 2 is 1.74 bits per heavy atom. The van der Waals surface area contributed by atoms with Crippen LogP contribution in [0.25, 0.3) is 0 Å². The first-order chi connectivity index (χ1) is 14.6. The summed E-state index contributed by atoms with van der Waals surface area (Å²) in [6.07, 6.45) is 6.70. The second kappa shape index (κ2) is 8.23. The van der Waals surface area contributed by atoms with Crippen molar-refractivity contribution >= 4 is 11.8 Å². The highest BCUT2D eigenvalue weighted by molar-refractivity contribution is 5.94. The standard InChI is InChI=1S/C26H38N2O3/c1-24(2)18-21(27-23(30)19-9-5-4-6-10-19)26(14-13-25(3,31)17-20(24)26)12-11-22(29)28-15-7-8-16-28/h4-6,9-10,20-21,31H,7-8,11-18H2,1-3H3,(H,27,30)/t20-,21-,25+,26+/m0/s1. The van der Waals surface area contributed by atoms with Gasteiger partial charge in [0.2, 0.25) is 5.91 Å². The smallest absolute Gasteiger partial charge is 0.251 e. The van der Waals surface area contributed by atoms with E-state index in [4.69, 9.17) is 0 Å². The molecule has 5 heteroatoms. The van der Waals surface area contributed by atoms with Gasteiger partial charge in [0.05, 0.1) is 5.60 Å². The van der Waals surface area contributed by atoms with E-state index in [-0.39, 0.29) is 34.6 Å². The van der Waals surface area contributed by atoms with Crippen LogP contribution in [-0.2, 0) is 4.79 Å². The van der Waals surface area contributed by atoms with Gasteiger partial charge in [0, 0.05) is 31.1 Å². The summed E-state index contributed by atoms with van der Waals surface area (Å²) in [5, 5.41) is 14.3. The molecular formula is C26H38N2O3. The van der Waals surface area contributed by atoms with Gasteiger partial charge in [-0.3, -0.25) is 9.59 Å². The van der Waals surface area contributed by atoms with Crippen molar-refractivity contribution in [1.29, 1.82) is 0 Å².